The summed E-state index contributed by atoms with van der Waals surface area (Å²) in [6, 6.07) is 1.85. The van der Waals surface area contributed by atoms with Gasteiger partial charge in [0.05, 0.1) is 6.61 Å². The van der Waals surface area contributed by atoms with Gasteiger partial charge in [-0.1, -0.05) is 0 Å². The van der Waals surface area contributed by atoms with Crippen LogP contribution in [0.4, 0.5) is 0 Å². The van der Waals surface area contributed by atoms with Crippen molar-refractivity contribution in [3.63, 3.8) is 0 Å². The molecule has 0 spiro atoms. The van der Waals surface area contributed by atoms with E-state index in [1.54, 1.807) is 0 Å². The van der Waals surface area contributed by atoms with Crippen molar-refractivity contribution in [2.75, 3.05) is 6.61 Å². The Labute approximate surface area is 83.5 Å². The number of phenolic OH excluding ortho intramolecular Hbond substituents is 1. The summed E-state index contributed by atoms with van der Waals surface area (Å²) in [5.74, 6) is 1.17. The van der Waals surface area contributed by atoms with E-state index in [9.17, 15) is 5.11 Å². The molecular formula is C11H15NO2. The Bertz CT molecular complexity index is 374. The molecule has 14 heavy (non-hydrogen) atoms. The van der Waals surface area contributed by atoms with Crippen molar-refractivity contribution in [3.05, 3.63) is 22.8 Å². The molecule has 1 aromatic rings. The van der Waals surface area contributed by atoms with Crippen LogP contribution in [-0.4, -0.2) is 11.7 Å². The fraction of sp³-hybridized carbons (Fsp3) is 0.455. The predicted molar refractivity (Wildman–Crippen MR) is 54.6 cm³/mol. The lowest BCUT2D eigenvalue weighted by Crippen LogP contribution is -2.21. The third-order valence-electron chi connectivity index (χ3n) is 2.80. The van der Waals surface area contributed by atoms with Gasteiger partial charge in [0, 0.05) is 18.0 Å². The van der Waals surface area contributed by atoms with E-state index >= 15 is 0 Å². The largest absolute Gasteiger partial charge is 0.507 e. The van der Waals surface area contributed by atoms with E-state index in [-0.39, 0.29) is 6.04 Å². The summed E-state index contributed by atoms with van der Waals surface area (Å²) >= 11 is 0. The zero-order valence-electron chi connectivity index (χ0n) is 8.50. The molecule has 0 saturated carbocycles. The molecule has 1 aliphatic rings. The number of fused-ring (bicyclic) bond motifs is 1. The molecule has 3 nitrogen and oxygen atoms in total. The normalized spacial score (nSPS) is 20.1. The van der Waals surface area contributed by atoms with Crippen LogP contribution in [0.1, 0.15) is 29.2 Å². The van der Waals surface area contributed by atoms with Crippen molar-refractivity contribution in [2.45, 2.75) is 26.3 Å². The zero-order chi connectivity index (χ0) is 10.3. The van der Waals surface area contributed by atoms with E-state index in [0.717, 1.165) is 28.9 Å². The van der Waals surface area contributed by atoms with E-state index in [1.165, 1.54) is 0 Å². The second-order valence-electron chi connectivity index (χ2n) is 3.82. The van der Waals surface area contributed by atoms with Crippen LogP contribution in [0.3, 0.4) is 0 Å². The van der Waals surface area contributed by atoms with E-state index in [4.69, 9.17) is 10.5 Å². The fourth-order valence-electron chi connectivity index (χ4n) is 1.97. The fourth-order valence-corrected chi connectivity index (χ4v) is 1.97. The van der Waals surface area contributed by atoms with Gasteiger partial charge in [-0.3, -0.25) is 0 Å². The zero-order valence-corrected chi connectivity index (χ0v) is 8.50. The summed E-state index contributed by atoms with van der Waals surface area (Å²) in [6.45, 7) is 4.42. The smallest absolute Gasteiger partial charge is 0.124 e. The Morgan fingerprint density at radius 3 is 2.93 bits per heavy atom. The summed E-state index contributed by atoms with van der Waals surface area (Å²) in [4.78, 5) is 0. The van der Waals surface area contributed by atoms with E-state index in [1.807, 2.05) is 19.9 Å². The molecule has 0 aliphatic carbocycles. The van der Waals surface area contributed by atoms with Gasteiger partial charge in [-0.05, 0) is 31.0 Å². The maximum Gasteiger partial charge on any atom is 0.124 e. The predicted octanol–water partition coefficient (Wildman–Crippen LogP) is 1.79. The maximum atomic E-state index is 9.77. The molecule has 2 rings (SSSR count). The van der Waals surface area contributed by atoms with Crippen molar-refractivity contribution in [3.8, 4) is 11.5 Å². The van der Waals surface area contributed by atoms with Gasteiger partial charge in [-0.2, -0.15) is 0 Å². The molecule has 1 aliphatic heterocycles. The minimum absolute atomic E-state index is 0.00903. The van der Waals surface area contributed by atoms with Crippen molar-refractivity contribution in [2.24, 2.45) is 5.73 Å². The average molecular weight is 193 g/mol. The number of ether oxygens (including phenoxy) is 1. The van der Waals surface area contributed by atoms with Crippen LogP contribution in [0.5, 0.6) is 11.5 Å². The van der Waals surface area contributed by atoms with Crippen LogP contribution in [0.2, 0.25) is 0 Å². The molecule has 0 unspecified atom stereocenters. The summed E-state index contributed by atoms with van der Waals surface area (Å²) in [5, 5.41) is 9.77. The Morgan fingerprint density at radius 1 is 1.50 bits per heavy atom. The first-order chi connectivity index (χ1) is 6.61. The molecule has 0 aromatic heterocycles. The molecule has 0 bridgehead atoms. The van der Waals surface area contributed by atoms with Crippen LogP contribution in [0, 0.1) is 13.8 Å². The number of phenols is 1. The monoisotopic (exact) mass is 193 g/mol. The van der Waals surface area contributed by atoms with Crippen LogP contribution >= 0.6 is 0 Å². The topological polar surface area (TPSA) is 55.5 Å². The number of aromatic hydroxyl groups is 1. The SMILES string of the molecule is Cc1cc2c(c(C)c1O)[C@@H](N)CCO2. The number of rotatable bonds is 0. The maximum absolute atomic E-state index is 9.77. The lowest BCUT2D eigenvalue weighted by atomic mass is 9.94. The minimum Gasteiger partial charge on any atom is -0.507 e. The molecular weight excluding hydrogens is 178 g/mol. The molecule has 0 radical (unpaired) electrons. The Balaban J connectivity index is 2.64. The standard InChI is InChI=1S/C11H15NO2/c1-6-5-9-10(7(2)11(6)13)8(12)3-4-14-9/h5,8,13H,3-4,12H2,1-2H3/t8-/m0/s1. The Morgan fingerprint density at radius 2 is 2.21 bits per heavy atom. The van der Waals surface area contributed by atoms with Gasteiger partial charge in [-0.25, -0.2) is 0 Å². The first-order valence-corrected chi connectivity index (χ1v) is 4.82. The lowest BCUT2D eigenvalue weighted by Gasteiger charge is -2.25. The van der Waals surface area contributed by atoms with Gasteiger partial charge in [-0.15, -0.1) is 0 Å². The van der Waals surface area contributed by atoms with Crippen molar-refractivity contribution in [1.29, 1.82) is 0 Å². The van der Waals surface area contributed by atoms with Gasteiger partial charge in [0.2, 0.25) is 0 Å². The number of hydrogen-bond donors (Lipinski definition) is 2. The summed E-state index contributed by atoms with van der Waals surface area (Å²) in [6.07, 6.45) is 0.816. The number of nitrogens with two attached hydrogens (primary N) is 1. The highest BCUT2D eigenvalue weighted by Crippen LogP contribution is 2.39. The van der Waals surface area contributed by atoms with E-state index in [0.29, 0.717) is 12.4 Å². The molecule has 1 atom stereocenters. The molecule has 0 amide bonds. The highest BCUT2D eigenvalue weighted by atomic mass is 16.5. The summed E-state index contributed by atoms with van der Waals surface area (Å²) in [5.41, 5.74) is 8.63. The van der Waals surface area contributed by atoms with Crippen LogP contribution < -0.4 is 10.5 Å². The van der Waals surface area contributed by atoms with Gasteiger partial charge in [0.15, 0.2) is 0 Å². The van der Waals surface area contributed by atoms with Gasteiger partial charge in [0.1, 0.15) is 11.5 Å². The van der Waals surface area contributed by atoms with E-state index < -0.39 is 0 Å². The number of benzene rings is 1. The van der Waals surface area contributed by atoms with Crippen molar-refractivity contribution >= 4 is 0 Å². The summed E-state index contributed by atoms with van der Waals surface area (Å²) < 4.78 is 5.52. The third-order valence-corrected chi connectivity index (χ3v) is 2.80. The van der Waals surface area contributed by atoms with Gasteiger partial charge >= 0.3 is 0 Å². The Kier molecular flexibility index (Phi) is 2.11. The second-order valence-corrected chi connectivity index (χ2v) is 3.82. The highest BCUT2D eigenvalue weighted by Gasteiger charge is 2.22. The minimum atomic E-state index is -0.00903. The van der Waals surface area contributed by atoms with Gasteiger partial charge in [0.25, 0.3) is 0 Å². The molecule has 0 fully saturated rings. The van der Waals surface area contributed by atoms with Crippen LogP contribution in [0.25, 0.3) is 0 Å². The van der Waals surface area contributed by atoms with Crippen LogP contribution in [0.15, 0.2) is 6.07 Å². The molecule has 3 N–H and O–H groups in total. The molecule has 3 heteroatoms. The van der Waals surface area contributed by atoms with Gasteiger partial charge < -0.3 is 15.6 Å². The van der Waals surface area contributed by atoms with Crippen LogP contribution in [-0.2, 0) is 0 Å². The first kappa shape index (κ1) is 9.34. The first-order valence-electron chi connectivity index (χ1n) is 4.82. The number of aryl methyl sites for hydroxylation is 1. The number of hydrogen-bond acceptors (Lipinski definition) is 3. The molecule has 0 saturated heterocycles. The molecule has 1 heterocycles. The average Bonchev–Trinajstić information content (AvgIpc) is 2.14. The third kappa shape index (κ3) is 1.24. The van der Waals surface area contributed by atoms with Crippen molar-refractivity contribution < 1.29 is 9.84 Å². The summed E-state index contributed by atoms with van der Waals surface area (Å²) in [7, 11) is 0. The second kappa shape index (κ2) is 3.17. The Hall–Kier alpha value is -1.22. The molecule has 1 aromatic carbocycles. The van der Waals surface area contributed by atoms with Crippen molar-refractivity contribution in [1.82, 2.24) is 0 Å². The highest BCUT2D eigenvalue weighted by molar-refractivity contribution is 5.53. The van der Waals surface area contributed by atoms with E-state index in [2.05, 4.69) is 0 Å². The molecule has 76 valence electrons. The quantitative estimate of drug-likeness (QED) is 0.660. The lowest BCUT2D eigenvalue weighted by molar-refractivity contribution is 0.267.